The fourth-order valence-electron chi connectivity index (χ4n) is 2.27. The normalized spacial score (nSPS) is 19.4. The average Bonchev–Trinajstić information content (AvgIpc) is 2.73. The lowest BCUT2D eigenvalue weighted by molar-refractivity contribution is 0.198. The van der Waals surface area contributed by atoms with Gasteiger partial charge in [0.1, 0.15) is 0 Å². The first-order chi connectivity index (χ1) is 8.24. The van der Waals surface area contributed by atoms with Crippen molar-refractivity contribution < 1.29 is 5.11 Å². The van der Waals surface area contributed by atoms with Crippen LogP contribution in [0.15, 0.2) is 6.20 Å². The maximum atomic E-state index is 9.94. The maximum absolute atomic E-state index is 9.94. The Morgan fingerprint density at radius 2 is 2.24 bits per heavy atom. The van der Waals surface area contributed by atoms with Crippen molar-refractivity contribution in [3.05, 3.63) is 11.9 Å². The maximum Gasteiger partial charge on any atom is 0.0853 e. The summed E-state index contributed by atoms with van der Waals surface area (Å²) in [7, 11) is 1.85. The summed E-state index contributed by atoms with van der Waals surface area (Å²) in [5.74, 6) is 0.821. The lowest BCUT2D eigenvalue weighted by Gasteiger charge is -2.22. The van der Waals surface area contributed by atoms with Gasteiger partial charge in [-0.2, -0.15) is 11.8 Å². The summed E-state index contributed by atoms with van der Waals surface area (Å²) in [5, 5.41) is 18.6. The second-order valence-corrected chi connectivity index (χ2v) is 6.17. The van der Waals surface area contributed by atoms with Gasteiger partial charge in [-0.15, -0.1) is 5.10 Å². The predicted molar refractivity (Wildman–Crippen MR) is 70.0 cm³/mol. The molecular formula is C12H21N3OS. The molecular weight excluding hydrogens is 234 g/mol. The van der Waals surface area contributed by atoms with Gasteiger partial charge in [0.05, 0.1) is 11.8 Å². The Balaban J connectivity index is 1.68. The van der Waals surface area contributed by atoms with Gasteiger partial charge in [0.15, 0.2) is 0 Å². The highest BCUT2D eigenvalue weighted by molar-refractivity contribution is 7.99. The average molecular weight is 255 g/mol. The Morgan fingerprint density at radius 1 is 1.47 bits per heavy atom. The SMILES string of the molecule is Cn1cc(CC(O)CSC2CCCCC2)nn1. The minimum Gasteiger partial charge on any atom is -0.392 e. The van der Waals surface area contributed by atoms with E-state index in [9.17, 15) is 5.11 Å². The number of aliphatic hydroxyl groups is 1. The molecule has 1 aliphatic rings. The van der Waals surface area contributed by atoms with E-state index in [-0.39, 0.29) is 6.10 Å². The van der Waals surface area contributed by atoms with Crippen LogP contribution in [0.5, 0.6) is 0 Å². The van der Waals surface area contributed by atoms with Crippen LogP contribution in [-0.4, -0.2) is 37.2 Å². The number of thioether (sulfide) groups is 1. The van der Waals surface area contributed by atoms with E-state index in [1.54, 1.807) is 4.68 Å². The number of hydrogen-bond acceptors (Lipinski definition) is 4. The molecule has 5 heteroatoms. The lowest BCUT2D eigenvalue weighted by atomic mass is 10.0. The molecule has 0 aromatic carbocycles. The summed E-state index contributed by atoms with van der Waals surface area (Å²) in [4.78, 5) is 0. The summed E-state index contributed by atoms with van der Waals surface area (Å²) in [6.07, 6.45) is 8.95. The molecule has 0 bridgehead atoms. The van der Waals surface area contributed by atoms with E-state index in [1.165, 1.54) is 32.1 Å². The lowest BCUT2D eigenvalue weighted by Crippen LogP contribution is -2.18. The van der Waals surface area contributed by atoms with E-state index in [2.05, 4.69) is 10.3 Å². The highest BCUT2D eigenvalue weighted by Crippen LogP contribution is 2.28. The van der Waals surface area contributed by atoms with E-state index in [1.807, 2.05) is 25.0 Å². The molecule has 0 aliphatic heterocycles. The van der Waals surface area contributed by atoms with Crippen LogP contribution in [0.2, 0.25) is 0 Å². The predicted octanol–water partition coefficient (Wildman–Crippen LogP) is 1.78. The molecule has 1 unspecified atom stereocenters. The minimum atomic E-state index is -0.293. The quantitative estimate of drug-likeness (QED) is 0.871. The van der Waals surface area contributed by atoms with Crippen molar-refractivity contribution in [2.24, 2.45) is 7.05 Å². The number of aliphatic hydroxyl groups excluding tert-OH is 1. The monoisotopic (exact) mass is 255 g/mol. The number of rotatable bonds is 5. The van der Waals surface area contributed by atoms with Crippen LogP contribution in [0.3, 0.4) is 0 Å². The first-order valence-corrected chi connectivity index (χ1v) is 7.44. The Labute approximate surface area is 107 Å². The topological polar surface area (TPSA) is 50.9 Å². The van der Waals surface area contributed by atoms with Gasteiger partial charge >= 0.3 is 0 Å². The van der Waals surface area contributed by atoms with E-state index in [0.29, 0.717) is 6.42 Å². The fraction of sp³-hybridized carbons (Fsp3) is 0.833. The third kappa shape index (κ3) is 4.32. The Bertz CT molecular complexity index is 336. The minimum absolute atomic E-state index is 0.293. The summed E-state index contributed by atoms with van der Waals surface area (Å²) in [5.41, 5.74) is 0.879. The highest BCUT2D eigenvalue weighted by atomic mass is 32.2. The Hall–Kier alpha value is -0.550. The molecule has 1 aromatic heterocycles. The van der Waals surface area contributed by atoms with Crippen molar-refractivity contribution >= 4 is 11.8 Å². The van der Waals surface area contributed by atoms with Crippen molar-refractivity contribution in [1.82, 2.24) is 15.0 Å². The van der Waals surface area contributed by atoms with Crippen molar-refractivity contribution in [3.8, 4) is 0 Å². The van der Waals surface area contributed by atoms with Gasteiger partial charge in [-0.3, -0.25) is 4.68 Å². The number of nitrogens with zero attached hydrogens (tertiary/aromatic N) is 3. The van der Waals surface area contributed by atoms with E-state index >= 15 is 0 Å². The van der Waals surface area contributed by atoms with Crippen LogP contribution >= 0.6 is 11.8 Å². The van der Waals surface area contributed by atoms with Gasteiger partial charge in [-0.1, -0.05) is 24.5 Å². The zero-order valence-corrected chi connectivity index (χ0v) is 11.2. The van der Waals surface area contributed by atoms with E-state index in [4.69, 9.17) is 0 Å². The van der Waals surface area contributed by atoms with E-state index in [0.717, 1.165) is 16.7 Å². The molecule has 1 atom stereocenters. The number of aryl methyl sites for hydroxylation is 1. The van der Waals surface area contributed by atoms with Crippen LogP contribution in [0.1, 0.15) is 37.8 Å². The Kier molecular flexibility index (Phi) is 4.86. The van der Waals surface area contributed by atoms with Gasteiger partial charge in [0, 0.05) is 30.7 Å². The standard InChI is InChI=1S/C12H21N3OS/c1-15-8-10(13-14-15)7-11(16)9-17-12-5-3-2-4-6-12/h8,11-12,16H,2-7,9H2,1H3. The largest absolute Gasteiger partial charge is 0.392 e. The molecule has 1 aromatic rings. The van der Waals surface area contributed by atoms with Crippen molar-refractivity contribution in [2.75, 3.05) is 5.75 Å². The molecule has 1 saturated carbocycles. The summed E-state index contributed by atoms with van der Waals surface area (Å²) in [6, 6.07) is 0. The Morgan fingerprint density at radius 3 is 2.88 bits per heavy atom. The summed E-state index contributed by atoms with van der Waals surface area (Å²) < 4.78 is 1.68. The van der Waals surface area contributed by atoms with Crippen LogP contribution in [-0.2, 0) is 13.5 Å². The van der Waals surface area contributed by atoms with Crippen LogP contribution in [0, 0.1) is 0 Å². The number of hydrogen-bond donors (Lipinski definition) is 1. The second-order valence-electron chi connectivity index (χ2n) is 4.83. The summed E-state index contributed by atoms with van der Waals surface area (Å²) in [6.45, 7) is 0. The smallest absolute Gasteiger partial charge is 0.0853 e. The van der Waals surface area contributed by atoms with Gasteiger partial charge in [0.25, 0.3) is 0 Å². The molecule has 1 heterocycles. The zero-order valence-electron chi connectivity index (χ0n) is 10.4. The second kappa shape index (κ2) is 6.40. The van der Waals surface area contributed by atoms with Gasteiger partial charge in [0.2, 0.25) is 0 Å². The molecule has 2 rings (SSSR count). The molecule has 4 nitrogen and oxygen atoms in total. The zero-order chi connectivity index (χ0) is 12.1. The molecule has 1 fully saturated rings. The third-order valence-corrected chi connectivity index (χ3v) is 4.69. The molecule has 96 valence electrons. The molecule has 1 N–H and O–H groups in total. The molecule has 0 saturated heterocycles. The van der Waals surface area contributed by atoms with Gasteiger partial charge in [-0.05, 0) is 12.8 Å². The first kappa shape index (κ1) is 12.9. The molecule has 0 amide bonds. The van der Waals surface area contributed by atoms with Gasteiger partial charge < -0.3 is 5.11 Å². The molecule has 0 radical (unpaired) electrons. The van der Waals surface area contributed by atoms with Crippen LogP contribution in [0.25, 0.3) is 0 Å². The first-order valence-electron chi connectivity index (χ1n) is 6.39. The van der Waals surface area contributed by atoms with Crippen molar-refractivity contribution in [3.63, 3.8) is 0 Å². The van der Waals surface area contributed by atoms with Crippen molar-refractivity contribution in [2.45, 2.75) is 49.9 Å². The molecule has 17 heavy (non-hydrogen) atoms. The summed E-state index contributed by atoms with van der Waals surface area (Å²) >= 11 is 1.93. The third-order valence-electron chi connectivity index (χ3n) is 3.17. The van der Waals surface area contributed by atoms with Crippen molar-refractivity contribution in [1.29, 1.82) is 0 Å². The molecule has 0 spiro atoms. The van der Waals surface area contributed by atoms with E-state index < -0.39 is 0 Å². The van der Waals surface area contributed by atoms with Gasteiger partial charge in [-0.25, -0.2) is 0 Å². The number of aromatic nitrogens is 3. The molecule has 1 aliphatic carbocycles. The van der Waals surface area contributed by atoms with Crippen LogP contribution in [0.4, 0.5) is 0 Å². The van der Waals surface area contributed by atoms with Crippen LogP contribution < -0.4 is 0 Å². The highest BCUT2D eigenvalue weighted by Gasteiger charge is 2.16. The fourth-order valence-corrected chi connectivity index (χ4v) is 3.55.